The molecule has 0 aliphatic heterocycles. The Labute approximate surface area is 253 Å². The summed E-state index contributed by atoms with van der Waals surface area (Å²) in [6.07, 6.45) is 6.89. The summed E-state index contributed by atoms with van der Waals surface area (Å²) in [5.74, 6) is 0. The molecule has 1 aliphatic rings. The molecule has 0 radical (unpaired) electrons. The van der Waals surface area contributed by atoms with E-state index < -0.39 is 0 Å². The maximum atomic E-state index is 2.53. The van der Waals surface area contributed by atoms with Crippen LogP contribution in [-0.2, 0) is 6.42 Å². The Morgan fingerprint density at radius 2 is 1.09 bits per heavy atom. The summed E-state index contributed by atoms with van der Waals surface area (Å²) in [6, 6.07) is 45.2. The quantitative estimate of drug-likeness (QED) is 0.200. The van der Waals surface area contributed by atoms with Gasteiger partial charge in [-0.3, -0.25) is 0 Å². The zero-order chi connectivity index (χ0) is 28.5. The molecule has 0 fully saturated rings. The summed E-state index contributed by atoms with van der Waals surface area (Å²) in [4.78, 5) is 0. The number of benzene rings is 6. The van der Waals surface area contributed by atoms with Gasteiger partial charge < -0.3 is 8.80 Å². The molecule has 0 bridgehead atoms. The van der Waals surface area contributed by atoms with Crippen molar-refractivity contribution in [2.24, 2.45) is 0 Å². The van der Waals surface area contributed by atoms with Gasteiger partial charge in [-0.25, -0.2) is 0 Å². The van der Waals surface area contributed by atoms with Crippen LogP contribution in [0.4, 0.5) is 0 Å². The van der Waals surface area contributed by atoms with E-state index in [0.717, 1.165) is 12.8 Å². The van der Waals surface area contributed by atoms with E-state index in [1.165, 1.54) is 98.8 Å². The molecule has 0 unspecified atom stereocenters. The first-order valence-electron chi connectivity index (χ1n) is 15.6. The van der Waals surface area contributed by atoms with Gasteiger partial charge in [-0.15, -0.1) is 0 Å². The van der Waals surface area contributed by atoms with Crippen LogP contribution in [0.2, 0.25) is 0 Å². The second kappa shape index (κ2) is 8.06. The molecule has 4 aromatic heterocycles. The van der Waals surface area contributed by atoms with Gasteiger partial charge in [-0.05, 0) is 71.0 Å². The average Bonchev–Trinajstić information content (AvgIpc) is 3.82. The maximum absolute atomic E-state index is 2.53. The van der Waals surface area contributed by atoms with Crippen LogP contribution >= 0.6 is 0 Å². The van der Waals surface area contributed by atoms with E-state index in [1.54, 1.807) is 0 Å². The van der Waals surface area contributed by atoms with Gasteiger partial charge in [-0.2, -0.15) is 0 Å². The highest BCUT2D eigenvalue weighted by Crippen LogP contribution is 2.49. The van der Waals surface area contributed by atoms with Gasteiger partial charge in [0.2, 0.25) is 0 Å². The zero-order valence-electron chi connectivity index (χ0n) is 24.0. The Hall–Kier alpha value is -5.60. The van der Waals surface area contributed by atoms with Crippen LogP contribution in [0, 0.1) is 0 Å². The number of allylic oxidation sites excluding steroid dienone is 1. The van der Waals surface area contributed by atoms with Crippen molar-refractivity contribution in [3.05, 3.63) is 139 Å². The summed E-state index contributed by atoms with van der Waals surface area (Å²) >= 11 is 0. The fourth-order valence-corrected chi connectivity index (χ4v) is 8.49. The molecule has 0 saturated heterocycles. The van der Waals surface area contributed by atoms with Crippen LogP contribution < -0.4 is 0 Å². The molecule has 44 heavy (non-hydrogen) atoms. The first kappa shape index (κ1) is 22.9. The highest BCUT2D eigenvalue weighted by Gasteiger charge is 2.26. The first-order chi connectivity index (χ1) is 21.9. The topological polar surface area (TPSA) is 8.82 Å². The van der Waals surface area contributed by atoms with Gasteiger partial charge in [-0.1, -0.05) is 103 Å². The number of hydrogen-bond donors (Lipinski definition) is 0. The molecule has 204 valence electrons. The number of para-hydroxylation sites is 2. The molecule has 10 aromatic rings. The summed E-state index contributed by atoms with van der Waals surface area (Å²) in [7, 11) is 0. The largest absolute Gasteiger partial charge is 0.308 e. The van der Waals surface area contributed by atoms with Gasteiger partial charge >= 0.3 is 0 Å². The predicted octanol–water partition coefficient (Wildman–Crippen LogP) is 11.1. The number of rotatable bonds is 2. The van der Waals surface area contributed by atoms with Crippen molar-refractivity contribution in [1.82, 2.24) is 8.80 Å². The third-order valence-corrected chi connectivity index (χ3v) is 10.3. The van der Waals surface area contributed by atoms with Crippen molar-refractivity contribution in [2.75, 3.05) is 0 Å². The Morgan fingerprint density at radius 1 is 0.455 bits per heavy atom. The lowest BCUT2D eigenvalue weighted by Crippen LogP contribution is -1.94. The molecule has 0 N–H and O–H groups in total. The van der Waals surface area contributed by atoms with E-state index in [0.29, 0.717) is 0 Å². The van der Waals surface area contributed by atoms with E-state index in [4.69, 9.17) is 0 Å². The highest BCUT2D eigenvalue weighted by atomic mass is 14.9. The first-order valence-corrected chi connectivity index (χ1v) is 15.6. The van der Waals surface area contributed by atoms with Crippen molar-refractivity contribution in [3.8, 4) is 22.3 Å². The standard InChI is InChI=1S/C42H26N2/c1-2-10-25(11-3-1)26-18-23-38-34(24-26)31-22-20-29(40-33-14-6-9-17-37(33)44(38)42(31)40)28-19-21-30-27-12-4-7-15-35(27)43-36-16-8-5-13-32(36)39(28)41(30)43/h1-3,5-11,13-24H,4,12H2. The van der Waals surface area contributed by atoms with Crippen LogP contribution in [0.3, 0.4) is 0 Å². The molecule has 2 heteroatoms. The molecule has 0 atom stereocenters. The van der Waals surface area contributed by atoms with Crippen molar-refractivity contribution in [2.45, 2.75) is 12.8 Å². The number of hydrogen-bond acceptors (Lipinski definition) is 0. The van der Waals surface area contributed by atoms with Gasteiger partial charge in [0.15, 0.2) is 0 Å². The third-order valence-electron chi connectivity index (χ3n) is 10.3. The van der Waals surface area contributed by atoms with Gasteiger partial charge in [0.25, 0.3) is 0 Å². The molecule has 6 aromatic carbocycles. The SMILES string of the molecule is C1=Cc2c(c3ccc(-c4ccc5c6cc(-c7ccccc7)ccc6n6c7ccccc7c4c56)c4c5ccccc5n2c34)CC1. The number of aryl methyl sites for hydroxylation is 1. The van der Waals surface area contributed by atoms with Crippen LogP contribution in [0.25, 0.3) is 93.6 Å². The molecule has 4 heterocycles. The molecular formula is C42H26N2. The van der Waals surface area contributed by atoms with E-state index in [1.807, 2.05) is 0 Å². The van der Waals surface area contributed by atoms with Gasteiger partial charge in [0.05, 0.1) is 27.6 Å². The number of nitrogens with zero attached hydrogens (tertiary/aromatic N) is 2. The van der Waals surface area contributed by atoms with Crippen molar-refractivity contribution in [3.63, 3.8) is 0 Å². The summed E-state index contributed by atoms with van der Waals surface area (Å²) in [6.45, 7) is 0. The maximum Gasteiger partial charge on any atom is 0.0626 e. The number of aromatic nitrogens is 2. The Balaban J connectivity index is 1.30. The fraction of sp³-hybridized carbons (Fsp3) is 0.0476. The molecule has 0 saturated carbocycles. The van der Waals surface area contributed by atoms with Crippen molar-refractivity contribution < 1.29 is 0 Å². The molecule has 1 aliphatic carbocycles. The predicted molar refractivity (Wildman–Crippen MR) is 186 cm³/mol. The van der Waals surface area contributed by atoms with Crippen molar-refractivity contribution >= 4 is 71.4 Å². The number of fused-ring (bicyclic) bond motifs is 12. The van der Waals surface area contributed by atoms with Gasteiger partial charge in [0.1, 0.15) is 0 Å². The minimum Gasteiger partial charge on any atom is -0.308 e. The Morgan fingerprint density at radius 3 is 1.86 bits per heavy atom. The monoisotopic (exact) mass is 558 g/mol. The summed E-state index contributed by atoms with van der Waals surface area (Å²) in [5.41, 5.74) is 14.5. The highest BCUT2D eigenvalue weighted by molar-refractivity contribution is 6.30. The Kier molecular flexibility index (Phi) is 4.20. The fourth-order valence-electron chi connectivity index (χ4n) is 8.49. The summed E-state index contributed by atoms with van der Waals surface area (Å²) in [5, 5.41) is 9.38. The lowest BCUT2D eigenvalue weighted by molar-refractivity contribution is 0.984. The van der Waals surface area contributed by atoms with E-state index >= 15 is 0 Å². The van der Waals surface area contributed by atoms with Crippen LogP contribution in [0.15, 0.2) is 127 Å². The second-order valence-electron chi connectivity index (χ2n) is 12.4. The van der Waals surface area contributed by atoms with Crippen LogP contribution in [0.5, 0.6) is 0 Å². The van der Waals surface area contributed by atoms with Crippen molar-refractivity contribution in [1.29, 1.82) is 0 Å². The van der Waals surface area contributed by atoms with Crippen LogP contribution in [0.1, 0.15) is 17.7 Å². The minimum atomic E-state index is 1.10. The molecular weight excluding hydrogens is 532 g/mol. The van der Waals surface area contributed by atoms with E-state index in [-0.39, 0.29) is 0 Å². The lowest BCUT2D eigenvalue weighted by Gasteiger charge is -2.10. The average molecular weight is 559 g/mol. The summed E-state index contributed by atoms with van der Waals surface area (Å²) < 4.78 is 5.04. The molecule has 0 spiro atoms. The third kappa shape index (κ3) is 2.68. The van der Waals surface area contributed by atoms with E-state index in [9.17, 15) is 0 Å². The molecule has 11 rings (SSSR count). The zero-order valence-corrected chi connectivity index (χ0v) is 24.0. The lowest BCUT2D eigenvalue weighted by atomic mass is 9.92. The second-order valence-corrected chi connectivity index (χ2v) is 12.4. The van der Waals surface area contributed by atoms with E-state index in [2.05, 4.69) is 142 Å². The molecule has 0 amide bonds. The molecule has 2 nitrogen and oxygen atoms in total. The van der Waals surface area contributed by atoms with Gasteiger partial charge in [0, 0.05) is 43.4 Å². The smallest absolute Gasteiger partial charge is 0.0626 e. The Bertz CT molecular complexity index is 2810. The van der Waals surface area contributed by atoms with Crippen LogP contribution in [-0.4, -0.2) is 8.80 Å². The minimum absolute atomic E-state index is 1.10. The normalized spacial score (nSPS) is 13.6.